The Kier molecular flexibility index (Phi) is 6.64. The van der Waals surface area contributed by atoms with Crippen LogP contribution in [0.15, 0.2) is 48.5 Å². The molecule has 2 N–H and O–H groups in total. The number of hydrogen-bond acceptors (Lipinski definition) is 4. The summed E-state index contributed by atoms with van der Waals surface area (Å²) in [5.74, 6) is -0.800. The molecule has 144 valence electrons. The van der Waals surface area contributed by atoms with Gasteiger partial charge < -0.3 is 9.47 Å². The molecule has 0 atom stereocenters. The number of halogens is 3. The maximum atomic E-state index is 12.1. The zero-order valence-electron chi connectivity index (χ0n) is 14.3. The fourth-order valence-electron chi connectivity index (χ4n) is 2.11. The third kappa shape index (κ3) is 6.89. The number of alkyl halides is 3. The highest BCUT2D eigenvalue weighted by Crippen LogP contribution is 2.22. The van der Waals surface area contributed by atoms with Crippen molar-refractivity contribution in [1.29, 1.82) is 0 Å². The summed E-state index contributed by atoms with van der Waals surface area (Å²) in [6, 6.07) is 11.2. The average molecular weight is 382 g/mol. The lowest BCUT2D eigenvalue weighted by Crippen LogP contribution is -2.42. The van der Waals surface area contributed by atoms with Gasteiger partial charge in [-0.2, -0.15) is 0 Å². The van der Waals surface area contributed by atoms with Crippen LogP contribution in [0.2, 0.25) is 0 Å². The monoisotopic (exact) mass is 382 g/mol. The Morgan fingerprint density at radius 2 is 1.52 bits per heavy atom. The first-order chi connectivity index (χ1) is 12.8. The van der Waals surface area contributed by atoms with E-state index in [2.05, 4.69) is 15.6 Å². The number of benzene rings is 2. The second-order valence-corrected chi connectivity index (χ2v) is 5.33. The van der Waals surface area contributed by atoms with Gasteiger partial charge in [0, 0.05) is 5.56 Å². The van der Waals surface area contributed by atoms with E-state index in [0.29, 0.717) is 23.5 Å². The number of rotatable bonds is 6. The van der Waals surface area contributed by atoms with E-state index in [0.717, 1.165) is 12.1 Å². The fourth-order valence-corrected chi connectivity index (χ4v) is 2.11. The summed E-state index contributed by atoms with van der Waals surface area (Å²) < 4.78 is 45.3. The molecule has 0 aliphatic carbocycles. The summed E-state index contributed by atoms with van der Waals surface area (Å²) in [6.45, 7) is 2.35. The van der Waals surface area contributed by atoms with Crippen molar-refractivity contribution < 1.29 is 32.2 Å². The first-order valence-electron chi connectivity index (χ1n) is 7.93. The molecule has 2 aromatic carbocycles. The van der Waals surface area contributed by atoms with Gasteiger partial charge in [-0.3, -0.25) is 20.4 Å². The van der Waals surface area contributed by atoms with E-state index >= 15 is 0 Å². The van der Waals surface area contributed by atoms with E-state index in [1.807, 2.05) is 6.92 Å². The molecule has 6 nitrogen and oxygen atoms in total. The topological polar surface area (TPSA) is 76.7 Å². The van der Waals surface area contributed by atoms with Crippen molar-refractivity contribution in [3.63, 3.8) is 0 Å². The number of carbonyl (C=O) groups excluding carboxylic acids is 2. The van der Waals surface area contributed by atoms with Crippen LogP contribution in [0, 0.1) is 0 Å². The van der Waals surface area contributed by atoms with Crippen LogP contribution < -0.4 is 20.3 Å². The molecule has 0 bridgehead atoms. The van der Waals surface area contributed by atoms with Crippen LogP contribution in [0.4, 0.5) is 13.2 Å². The molecule has 0 saturated carbocycles. The molecular formula is C18H17F3N2O4. The number of amides is 2. The molecule has 0 aliphatic heterocycles. The maximum absolute atomic E-state index is 12.1. The molecule has 0 saturated heterocycles. The molecule has 0 aromatic heterocycles. The van der Waals surface area contributed by atoms with Gasteiger partial charge in [0.05, 0.1) is 13.0 Å². The highest BCUT2D eigenvalue weighted by Gasteiger charge is 2.30. The SMILES string of the molecule is CCOc1ccc(C(=O)NNC(=O)Cc2ccc(OC(F)(F)F)cc2)cc1. The van der Waals surface area contributed by atoms with Gasteiger partial charge in [0.15, 0.2) is 0 Å². The lowest BCUT2D eigenvalue weighted by atomic mass is 10.1. The van der Waals surface area contributed by atoms with Gasteiger partial charge in [0.2, 0.25) is 5.91 Å². The van der Waals surface area contributed by atoms with Gasteiger partial charge in [0.1, 0.15) is 11.5 Å². The zero-order chi connectivity index (χ0) is 19.9. The first-order valence-corrected chi connectivity index (χ1v) is 7.93. The van der Waals surface area contributed by atoms with Gasteiger partial charge in [-0.15, -0.1) is 13.2 Å². The zero-order valence-corrected chi connectivity index (χ0v) is 14.3. The predicted molar refractivity (Wildman–Crippen MR) is 90.0 cm³/mol. The number of hydrazine groups is 1. The summed E-state index contributed by atoms with van der Waals surface area (Å²) >= 11 is 0. The van der Waals surface area contributed by atoms with E-state index in [9.17, 15) is 22.8 Å². The van der Waals surface area contributed by atoms with Gasteiger partial charge in [-0.1, -0.05) is 12.1 Å². The summed E-state index contributed by atoms with van der Waals surface area (Å²) in [4.78, 5) is 23.8. The quantitative estimate of drug-likeness (QED) is 0.753. The van der Waals surface area contributed by atoms with Crippen LogP contribution in [-0.2, 0) is 11.2 Å². The van der Waals surface area contributed by atoms with Crippen LogP contribution in [0.5, 0.6) is 11.5 Å². The smallest absolute Gasteiger partial charge is 0.494 e. The minimum absolute atomic E-state index is 0.129. The van der Waals surface area contributed by atoms with Gasteiger partial charge in [-0.25, -0.2) is 0 Å². The van der Waals surface area contributed by atoms with Crippen molar-refractivity contribution in [2.75, 3.05) is 6.61 Å². The summed E-state index contributed by atoms with van der Waals surface area (Å²) in [5.41, 5.74) is 5.28. The van der Waals surface area contributed by atoms with Crippen LogP contribution in [0.25, 0.3) is 0 Å². The fraction of sp³-hybridized carbons (Fsp3) is 0.222. The molecule has 27 heavy (non-hydrogen) atoms. The van der Waals surface area contributed by atoms with Crippen LogP contribution in [0.1, 0.15) is 22.8 Å². The van der Waals surface area contributed by atoms with E-state index in [1.165, 1.54) is 12.1 Å². The van der Waals surface area contributed by atoms with Crippen molar-refractivity contribution in [2.24, 2.45) is 0 Å². The highest BCUT2D eigenvalue weighted by molar-refractivity contribution is 5.95. The van der Waals surface area contributed by atoms with Crippen molar-refractivity contribution >= 4 is 11.8 Å². The molecule has 0 heterocycles. The third-order valence-electron chi connectivity index (χ3n) is 3.26. The second kappa shape index (κ2) is 8.93. The average Bonchev–Trinajstić information content (AvgIpc) is 2.61. The first kappa shape index (κ1) is 20.1. The largest absolute Gasteiger partial charge is 0.573 e. The van der Waals surface area contributed by atoms with E-state index in [-0.39, 0.29) is 12.2 Å². The molecule has 0 aliphatic rings. The summed E-state index contributed by atoms with van der Waals surface area (Å²) in [5, 5.41) is 0. The van der Waals surface area contributed by atoms with E-state index in [1.54, 1.807) is 24.3 Å². The molecule has 9 heteroatoms. The van der Waals surface area contributed by atoms with Crippen molar-refractivity contribution in [3.8, 4) is 11.5 Å². The van der Waals surface area contributed by atoms with E-state index in [4.69, 9.17) is 4.74 Å². The molecule has 0 fully saturated rings. The lowest BCUT2D eigenvalue weighted by Gasteiger charge is -2.10. The standard InChI is InChI=1S/C18H17F3N2O4/c1-2-26-14-9-5-13(6-10-14)17(25)23-22-16(24)11-12-3-7-15(8-4-12)27-18(19,20)21/h3-10H,2,11H2,1H3,(H,22,24)(H,23,25). The van der Waals surface area contributed by atoms with Crippen LogP contribution in [-0.4, -0.2) is 24.8 Å². The third-order valence-corrected chi connectivity index (χ3v) is 3.26. The number of hydrogen-bond donors (Lipinski definition) is 2. The molecule has 2 amide bonds. The second-order valence-electron chi connectivity index (χ2n) is 5.33. The van der Waals surface area contributed by atoms with Gasteiger partial charge >= 0.3 is 6.36 Å². The molecule has 0 unspecified atom stereocenters. The Bertz CT molecular complexity index is 775. The van der Waals surface area contributed by atoms with E-state index < -0.39 is 18.2 Å². The lowest BCUT2D eigenvalue weighted by molar-refractivity contribution is -0.274. The Labute approximate surface area is 153 Å². The predicted octanol–water partition coefficient (Wildman–Crippen LogP) is 2.99. The van der Waals surface area contributed by atoms with Gasteiger partial charge in [-0.05, 0) is 48.9 Å². The Morgan fingerprint density at radius 1 is 0.926 bits per heavy atom. The Hall–Kier alpha value is -3.23. The molecule has 2 aromatic rings. The Morgan fingerprint density at radius 3 is 2.07 bits per heavy atom. The van der Waals surface area contributed by atoms with Gasteiger partial charge in [0.25, 0.3) is 5.91 Å². The normalized spacial score (nSPS) is 10.8. The number of nitrogens with one attached hydrogen (secondary N) is 2. The Balaban J connectivity index is 1.82. The van der Waals surface area contributed by atoms with Crippen molar-refractivity contribution in [3.05, 3.63) is 59.7 Å². The highest BCUT2D eigenvalue weighted by atomic mass is 19.4. The minimum Gasteiger partial charge on any atom is -0.494 e. The van der Waals surface area contributed by atoms with Crippen molar-refractivity contribution in [2.45, 2.75) is 19.7 Å². The van der Waals surface area contributed by atoms with Crippen LogP contribution >= 0.6 is 0 Å². The molecule has 0 spiro atoms. The number of ether oxygens (including phenoxy) is 2. The summed E-state index contributed by atoms with van der Waals surface area (Å²) in [6.07, 6.45) is -4.90. The number of carbonyl (C=O) groups is 2. The molecule has 2 rings (SSSR count). The summed E-state index contributed by atoms with van der Waals surface area (Å²) in [7, 11) is 0. The maximum Gasteiger partial charge on any atom is 0.573 e. The van der Waals surface area contributed by atoms with Crippen molar-refractivity contribution in [1.82, 2.24) is 10.9 Å². The molecule has 0 radical (unpaired) electrons. The minimum atomic E-state index is -4.77. The molecular weight excluding hydrogens is 365 g/mol. The van der Waals surface area contributed by atoms with Crippen LogP contribution in [0.3, 0.4) is 0 Å².